The molecule has 4 nitrogen and oxygen atoms in total. The van der Waals surface area contributed by atoms with Gasteiger partial charge in [0.2, 0.25) is 5.88 Å². The van der Waals surface area contributed by atoms with E-state index in [4.69, 9.17) is 21.1 Å². The van der Waals surface area contributed by atoms with Crippen molar-refractivity contribution in [3.05, 3.63) is 69.7 Å². The summed E-state index contributed by atoms with van der Waals surface area (Å²) < 4.78 is 14.3. The van der Waals surface area contributed by atoms with Crippen molar-refractivity contribution >= 4 is 33.5 Å². The molecule has 0 bridgehead atoms. The molecule has 26 heavy (non-hydrogen) atoms. The lowest BCUT2D eigenvalue weighted by Crippen LogP contribution is -2.39. The van der Waals surface area contributed by atoms with Gasteiger partial charge in [0.1, 0.15) is 5.56 Å². The highest BCUT2D eigenvalue weighted by molar-refractivity contribution is 9.10. The van der Waals surface area contributed by atoms with E-state index < -0.39 is 11.8 Å². The number of esters is 1. The smallest absolute Gasteiger partial charge is 0.346 e. The molecule has 2 aromatic carbocycles. The number of fused-ring (bicyclic) bond motifs is 1. The van der Waals surface area contributed by atoms with Crippen LogP contribution in [-0.2, 0) is 4.74 Å². The van der Waals surface area contributed by atoms with Gasteiger partial charge in [-0.25, -0.2) is 4.79 Å². The maximum atomic E-state index is 12.5. The Morgan fingerprint density at radius 2 is 1.65 bits per heavy atom. The van der Waals surface area contributed by atoms with Gasteiger partial charge in [0.05, 0.1) is 5.69 Å². The second-order valence-electron chi connectivity index (χ2n) is 6.46. The summed E-state index contributed by atoms with van der Waals surface area (Å²) >= 11 is 9.49. The minimum Gasteiger partial charge on any atom is -0.436 e. The van der Waals surface area contributed by atoms with Crippen molar-refractivity contribution in [1.29, 1.82) is 0 Å². The van der Waals surface area contributed by atoms with E-state index in [2.05, 4.69) is 15.9 Å². The van der Waals surface area contributed by atoms with Crippen LogP contribution in [0.25, 0.3) is 16.9 Å². The number of carbonyl (C=O) groups is 1. The standard InChI is InChI=1S/C20H15BrClNO3/c1-20(2)25-18-16(19(24)26-20)11-17(12-3-5-13(21)6-4-12)23(18)15-9-7-14(22)8-10-15/h3-11H,1-2H3. The van der Waals surface area contributed by atoms with Crippen LogP contribution in [-0.4, -0.2) is 16.3 Å². The maximum absolute atomic E-state index is 12.5. The van der Waals surface area contributed by atoms with Gasteiger partial charge in [0.15, 0.2) is 0 Å². The van der Waals surface area contributed by atoms with Crippen molar-refractivity contribution < 1.29 is 14.3 Å². The fourth-order valence-corrected chi connectivity index (χ4v) is 3.34. The summed E-state index contributed by atoms with van der Waals surface area (Å²) in [4.78, 5) is 12.5. The molecule has 0 radical (unpaired) electrons. The second kappa shape index (κ2) is 6.18. The van der Waals surface area contributed by atoms with Crippen molar-refractivity contribution in [2.24, 2.45) is 0 Å². The first kappa shape index (κ1) is 17.2. The molecule has 3 aromatic rings. The average molecular weight is 433 g/mol. The molecule has 0 spiro atoms. The van der Waals surface area contributed by atoms with Crippen LogP contribution in [0.5, 0.6) is 5.88 Å². The average Bonchev–Trinajstić information content (AvgIpc) is 2.94. The second-order valence-corrected chi connectivity index (χ2v) is 7.81. The molecule has 0 saturated carbocycles. The monoisotopic (exact) mass is 431 g/mol. The van der Waals surface area contributed by atoms with Crippen molar-refractivity contribution in [3.63, 3.8) is 0 Å². The molecule has 0 amide bonds. The van der Waals surface area contributed by atoms with Crippen molar-refractivity contribution in [1.82, 2.24) is 4.57 Å². The van der Waals surface area contributed by atoms with Gasteiger partial charge in [-0.05, 0) is 48.0 Å². The van der Waals surface area contributed by atoms with Crippen LogP contribution in [0.4, 0.5) is 0 Å². The first-order chi connectivity index (χ1) is 12.3. The fraction of sp³-hybridized carbons (Fsp3) is 0.150. The van der Waals surface area contributed by atoms with Crippen LogP contribution in [0.2, 0.25) is 5.02 Å². The van der Waals surface area contributed by atoms with Gasteiger partial charge >= 0.3 is 5.97 Å². The van der Waals surface area contributed by atoms with Crippen molar-refractivity contribution in [3.8, 4) is 22.8 Å². The lowest BCUT2D eigenvalue weighted by Gasteiger charge is -2.31. The largest absolute Gasteiger partial charge is 0.436 e. The van der Waals surface area contributed by atoms with Crippen LogP contribution in [0.3, 0.4) is 0 Å². The summed E-state index contributed by atoms with van der Waals surface area (Å²) in [5.41, 5.74) is 3.03. The zero-order valence-corrected chi connectivity index (χ0v) is 16.5. The Balaban J connectivity index is 1.98. The highest BCUT2D eigenvalue weighted by Gasteiger charge is 2.38. The van der Waals surface area contributed by atoms with Crippen LogP contribution in [0, 0.1) is 0 Å². The summed E-state index contributed by atoms with van der Waals surface area (Å²) in [7, 11) is 0. The first-order valence-corrected chi connectivity index (χ1v) is 9.21. The zero-order chi connectivity index (χ0) is 18.5. The Kier molecular flexibility index (Phi) is 4.09. The fourth-order valence-electron chi connectivity index (χ4n) is 2.95. The Morgan fingerprint density at radius 1 is 1.00 bits per heavy atom. The molecule has 6 heteroatoms. The van der Waals surface area contributed by atoms with E-state index in [0.717, 1.165) is 21.4 Å². The van der Waals surface area contributed by atoms with Crippen LogP contribution < -0.4 is 4.74 Å². The van der Waals surface area contributed by atoms with Gasteiger partial charge < -0.3 is 9.47 Å². The molecule has 0 unspecified atom stereocenters. The van der Waals surface area contributed by atoms with E-state index in [1.54, 1.807) is 32.0 Å². The minimum atomic E-state index is -1.04. The highest BCUT2D eigenvalue weighted by Crippen LogP contribution is 2.40. The minimum absolute atomic E-state index is 0.400. The number of aromatic nitrogens is 1. The maximum Gasteiger partial charge on any atom is 0.346 e. The number of rotatable bonds is 2. The van der Waals surface area contributed by atoms with Crippen molar-refractivity contribution in [2.75, 3.05) is 0 Å². The van der Waals surface area contributed by atoms with Gasteiger partial charge in [-0.15, -0.1) is 0 Å². The summed E-state index contributed by atoms with van der Waals surface area (Å²) in [5, 5.41) is 0.639. The summed E-state index contributed by atoms with van der Waals surface area (Å²) in [6.07, 6.45) is 0. The SMILES string of the molecule is CC1(C)OC(=O)c2cc(-c3ccc(Br)cc3)n(-c3ccc(Cl)cc3)c2O1. The third kappa shape index (κ3) is 3.02. The van der Waals surface area contributed by atoms with Crippen LogP contribution in [0.15, 0.2) is 59.1 Å². The Hall–Kier alpha value is -2.24. The Labute approximate surface area is 164 Å². The topological polar surface area (TPSA) is 40.5 Å². The quantitative estimate of drug-likeness (QED) is 0.477. The molecular weight excluding hydrogens is 418 g/mol. The van der Waals surface area contributed by atoms with Crippen molar-refractivity contribution in [2.45, 2.75) is 19.6 Å². The number of hydrogen-bond donors (Lipinski definition) is 0. The third-order valence-corrected chi connectivity index (χ3v) is 4.86. The van der Waals surface area contributed by atoms with Crippen LogP contribution >= 0.6 is 27.5 Å². The molecule has 0 atom stereocenters. The molecule has 1 aliphatic rings. The number of hydrogen-bond acceptors (Lipinski definition) is 3. The van der Waals surface area contributed by atoms with E-state index in [1.807, 2.05) is 41.0 Å². The van der Waals surface area contributed by atoms with E-state index in [9.17, 15) is 4.79 Å². The summed E-state index contributed by atoms with van der Waals surface area (Å²) in [6, 6.07) is 17.1. The van der Waals surface area contributed by atoms with E-state index in [-0.39, 0.29) is 0 Å². The molecule has 132 valence electrons. The predicted octanol–water partition coefficient (Wildman–Crippen LogP) is 5.85. The first-order valence-electron chi connectivity index (χ1n) is 8.04. The van der Waals surface area contributed by atoms with Gasteiger partial charge in [0.25, 0.3) is 5.79 Å². The van der Waals surface area contributed by atoms with Gasteiger partial charge in [-0.3, -0.25) is 4.57 Å². The number of ether oxygens (including phenoxy) is 2. The van der Waals surface area contributed by atoms with Gasteiger partial charge in [-0.2, -0.15) is 0 Å². The number of halogens is 2. The molecule has 1 aromatic heterocycles. The van der Waals surface area contributed by atoms with E-state index in [1.165, 1.54) is 0 Å². The number of cyclic esters (lactones) is 1. The molecule has 0 saturated heterocycles. The lowest BCUT2D eigenvalue weighted by molar-refractivity contribution is -0.130. The predicted molar refractivity (Wildman–Crippen MR) is 104 cm³/mol. The van der Waals surface area contributed by atoms with Gasteiger partial charge in [0, 0.05) is 29.0 Å². The molecule has 0 N–H and O–H groups in total. The Bertz CT molecular complexity index is 991. The summed E-state index contributed by atoms with van der Waals surface area (Å²) in [6.45, 7) is 3.43. The van der Waals surface area contributed by atoms with E-state index >= 15 is 0 Å². The number of nitrogens with zero attached hydrogens (tertiary/aromatic N) is 1. The van der Waals surface area contributed by atoms with E-state index in [0.29, 0.717) is 16.5 Å². The summed E-state index contributed by atoms with van der Waals surface area (Å²) in [5.74, 6) is -0.974. The third-order valence-electron chi connectivity index (χ3n) is 4.08. The normalized spacial score (nSPS) is 15.2. The molecule has 1 aliphatic heterocycles. The Morgan fingerprint density at radius 3 is 2.31 bits per heavy atom. The number of carbonyl (C=O) groups excluding carboxylic acids is 1. The zero-order valence-electron chi connectivity index (χ0n) is 14.1. The molecule has 2 heterocycles. The highest BCUT2D eigenvalue weighted by atomic mass is 79.9. The van der Waals surface area contributed by atoms with Crippen LogP contribution in [0.1, 0.15) is 24.2 Å². The molecule has 4 rings (SSSR count). The molecule has 0 aliphatic carbocycles. The van der Waals surface area contributed by atoms with Gasteiger partial charge in [-0.1, -0.05) is 39.7 Å². The molecule has 0 fully saturated rings. The lowest BCUT2D eigenvalue weighted by atomic mass is 10.1. The molecular formula is C20H15BrClNO3. The number of benzene rings is 2.